The molecule has 0 unspecified atom stereocenters. The first-order valence-corrected chi connectivity index (χ1v) is 10.8. The Labute approximate surface area is 174 Å². The second-order valence-corrected chi connectivity index (χ2v) is 8.81. The van der Waals surface area contributed by atoms with Crippen LogP contribution in [-0.2, 0) is 20.7 Å². The van der Waals surface area contributed by atoms with E-state index in [0.29, 0.717) is 49.1 Å². The monoisotopic (exact) mass is 413 g/mol. The van der Waals surface area contributed by atoms with Crippen LogP contribution in [0.1, 0.15) is 41.7 Å². The first-order chi connectivity index (χ1) is 14.6. The van der Waals surface area contributed by atoms with Crippen molar-refractivity contribution in [1.29, 1.82) is 0 Å². The molecule has 1 saturated carbocycles. The van der Waals surface area contributed by atoms with Gasteiger partial charge in [0.2, 0.25) is 11.8 Å². The lowest BCUT2D eigenvalue weighted by Gasteiger charge is -2.39. The number of fused-ring (bicyclic) bond motifs is 3. The number of nitrogens with one attached hydrogen (secondary N) is 4. The Bertz CT molecular complexity index is 881. The van der Waals surface area contributed by atoms with E-state index in [4.69, 9.17) is 4.74 Å². The van der Waals surface area contributed by atoms with Crippen LogP contribution < -0.4 is 16.0 Å². The number of carbonyl (C=O) groups excluding carboxylic acids is 3. The van der Waals surface area contributed by atoms with Crippen LogP contribution in [0, 0.1) is 17.8 Å². The van der Waals surface area contributed by atoms with Gasteiger partial charge < -0.3 is 20.7 Å². The molecule has 30 heavy (non-hydrogen) atoms. The van der Waals surface area contributed by atoms with E-state index in [0.717, 1.165) is 12.8 Å². The van der Waals surface area contributed by atoms with Gasteiger partial charge in [-0.15, -0.1) is 0 Å². The number of hydrogen-bond donors (Lipinski definition) is 4. The van der Waals surface area contributed by atoms with E-state index in [1.807, 2.05) is 0 Å². The first-order valence-electron chi connectivity index (χ1n) is 10.8. The number of H-pyrrole nitrogens is 1. The summed E-state index contributed by atoms with van der Waals surface area (Å²) >= 11 is 0. The van der Waals surface area contributed by atoms with Gasteiger partial charge >= 0.3 is 0 Å². The molecule has 1 aromatic rings. The summed E-state index contributed by atoms with van der Waals surface area (Å²) in [6.07, 6.45) is 10.1. The molecule has 2 bridgehead atoms. The van der Waals surface area contributed by atoms with E-state index in [9.17, 15) is 14.4 Å². The van der Waals surface area contributed by atoms with Crippen molar-refractivity contribution in [2.24, 2.45) is 17.8 Å². The van der Waals surface area contributed by atoms with Gasteiger partial charge in [-0.05, 0) is 37.5 Å². The van der Waals surface area contributed by atoms with Gasteiger partial charge in [0.05, 0.1) is 36.1 Å². The summed E-state index contributed by atoms with van der Waals surface area (Å²) in [4.78, 5) is 38.0. The molecule has 6 rings (SSSR count). The molecule has 1 saturated heterocycles. The van der Waals surface area contributed by atoms with Crippen LogP contribution >= 0.6 is 0 Å². The van der Waals surface area contributed by atoms with Crippen LogP contribution in [0.4, 0.5) is 0 Å². The second kappa shape index (κ2) is 7.86. The summed E-state index contributed by atoms with van der Waals surface area (Å²) in [6.45, 7) is 0.884. The molecule has 9 nitrogen and oxygen atoms in total. The number of rotatable bonds is 4. The highest BCUT2D eigenvalue weighted by Crippen LogP contribution is 2.40. The van der Waals surface area contributed by atoms with Crippen molar-refractivity contribution < 1.29 is 19.1 Å². The van der Waals surface area contributed by atoms with Crippen LogP contribution in [0.15, 0.2) is 18.3 Å². The lowest BCUT2D eigenvalue weighted by molar-refractivity contribution is -0.131. The van der Waals surface area contributed by atoms with Gasteiger partial charge in [-0.25, -0.2) is 0 Å². The molecule has 0 aromatic carbocycles. The minimum atomic E-state index is -0.678. The van der Waals surface area contributed by atoms with Crippen molar-refractivity contribution in [3.05, 3.63) is 29.6 Å². The van der Waals surface area contributed by atoms with E-state index < -0.39 is 6.04 Å². The number of carbonyl (C=O) groups is 3. The van der Waals surface area contributed by atoms with Gasteiger partial charge in [-0.3, -0.25) is 19.5 Å². The highest BCUT2D eigenvalue weighted by atomic mass is 16.5. The molecule has 2 aliphatic heterocycles. The molecule has 9 heteroatoms. The predicted molar refractivity (Wildman–Crippen MR) is 106 cm³/mol. The summed E-state index contributed by atoms with van der Waals surface area (Å²) in [5, 5.41) is 15.6. The van der Waals surface area contributed by atoms with Crippen molar-refractivity contribution in [2.75, 3.05) is 13.2 Å². The van der Waals surface area contributed by atoms with Crippen LogP contribution in [0.2, 0.25) is 0 Å². The average Bonchev–Trinajstić information content (AvgIpc) is 3.25. The average molecular weight is 413 g/mol. The summed E-state index contributed by atoms with van der Waals surface area (Å²) in [6, 6.07) is -1.18. The molecule has 5 aliphatic rings. The maximum atomic E-state index is 13.0. The molecule has 0 spiro atoms. The number of amides is 3. The maximum Gasteiger partial charge on any atom is 0.255 e. The van der Waals surface area contributed by atoms with Gasteiger partial charge in [0.25, 0.3) is 5.91 Å². The number of aromatic nitrogens is 2. The minimum absolute atomic E-state index is 0.0179. The third kappa shape index (κ3) is 3.62. The Morgan fingerprint density at radius 2 is 1.97 bits per heavy atom. The van der Waals surface area contributed by atoms with Gasteiger partial charge in [-0.1, -0.05) is 12.2 Å². The molecule has 2 fully saturated rings. The number of hydrogen-bond acceptors (Lipinski definition) is 5. The van der Waals surface area contributed by atoms with Gasteiger partial charge in [0.15, 0.2) is 0 Å². The Balaban J connectivity index is 1.21. The highest BCUT2D eigenvalue weighted by Gasteiger charge is 2.39. The summed E-state index contributed by atoms with van der Waals surface area (Å²) < 4.78 is 5.56. The fourth-order valence-corrected chi connectivity index (χ4v) is 5.17. The van der Waals surface area contributed by atoms with Crippen molar-refractivity contribution >= 4 is 17.7 Å². The Morgan fingerprint density at radius 1 is 1.10 bits per heavy atom. The third-order valence-corrected chi connectivity index (χ3v) is 6.92. The van der Waals surface area contributed by atoms with Gasteiger partial charge in [0, 0.05) is 18.9 Å². The number of nitrogens with zero attached hydrogens (tertiary/aromatic N) is 1. The summed E-state index contributed by atoms with van der Waals surface area (Å²) in [5.74, 6) is 0.341. The van der Waals surface area contributed by atoms with E-state index in [1.54, 1.807) is 0 Å². The lowest BCUT2D eigenvalue weighted by atomic mass is 9.69. The maximum absolute atomic E-state index is 13.0. The zero-order valence-corrected chi connectivity index (χ0v) is 16.7. The van der Waals surface area contributed by atoms with E-state index in [1.165, 1.54) is 12.6 Å². The van der Waals surface area contributed by atoms with Gasteiger partial charge in [0.1, 0.15) is 6.04 Å². The van der Waals surface area contributed by atoms with Crippen LogP contribution in [0.3, 0.4) is 0 Å². The fourth-order valence-electron chi connectivity index (χ4n) is 5.17. The molecular weight excluding hydrogens is 386 g/mol. The lowest BCUT2D eigenvalue weighted by Crippen LogP contribution is -2.61. The number of aromatic amines is 1. The molecule has 6 atom stereocenters. The molecule has 160 valence electrons. The zero-order chi connectivity index (χ0) is 20.7. The molecule has 1 aromatic heterocycles. The fraction of sp³-hybridized carbons (Fsp3) is 0.619. The van der Waals surface area contributed by atoms with Crippen molar-refractivity contribution in [3.63, 3.8) is 0 Å². The van der Waals surface area contributed by atoms with E-state index in [2.05, 4.69) is 38.3 Å². The zero-order valence-electron chi connectivity index (χ0n) is 16.7. The molecule has 4 N–H and O–H groups in total. The molecule has 3 heterocycles. The number of ether oxygens (including phenoxy) is 1. The Hall–Kier alpha value is -2.68. The first kappa shape index (κ1) is 19.3. The SMILES string of the molecule is O=C1N[C@H](C(=O)N[C@@H]2COCC[C@@H]2NC(=O)[C@@H]2C[C@@H]3C=C[C@H]2CC3)Cc2[nH]ncc21. The largest absolute Gasteiger partial charge is 0.379 e. The van der Waals surface area contributed by atoms with Crippen molar-refractivity contribution in [2.45, 2.75) is 50.2 Å². The smallest absolute Gasteiger partial charge is 0.255 e. The third-order valence-electron chi connectivity index (χ3n) is 6.92. The van der Waals surface area contributed by atoms with Crippen molar-refractivity contribution in [3.8, 4) is 0 Å². The van der Waals surface area contributed by atoms with Crippen LogP contribution in [0.25, 0.3) is 0 Å². The molecular formula is C21H27N5O4. The predicted octanol–water partition coefficient (Wildman–Crippen LogP) is 0.0564. The van der Waals surface area contributed by atoms with E-state index in [-0.39, 0.29) is 35.7 Å². The minimum Gasteiger partial charge on any atom is -0.379 e. The summed E-state index contributed by atoms with van der Waals surface area (Å²) in [7, 11) is 0. The second-order valence-electron chi connectivity index (χ2n) is 8.81. The van der Waals surface area contributed by atoms with Gasteiger partial charge in [-0.2, -0.15) is 5.10 Å². The van der Waals surface area contributed by atoms with E-state index >= 15 is 0 Å². The number of allylic oxidation sites excluding steroid dienone is 2. The topological polar surface area (TPSA) is 125 Å². The molecule has 3 aliphatic carbocycles. The Kier molecular flexibility index (Phi) is 5.06. The van der Waals surface area contributed by atoms with Crippen molar-refractivity contribution in [1.82, 2.24) is 26.1 Å². The normalized spacial score (nSPS) is 34.7. The molecule has 3 amide bonds. The quantitative estimate of drug-likeness (QED) is 0.520. The van der Waals surface area contributed by atoms with Crippen LogP contribution in [0.5, 0.6) is 0 Å². The molecule has 0 radical (unpaired) electrons. The standard InChI is InChI=1S/C21H27N5O4/c27-19(13-7-11-1-3-12(13)4-2-11)23-15-5-6-30-10-18(15)25-21(29)17-8-16-14(9-22-26-16)20(28)24-17/h1,3,9,11-13,15,17-18H,2,4-8,10H2,(H,22,26)(H,23,27)(H,24,28)(H,25,29)/t11-,12+,13-,15+,17+,18-/m1/s1. The highest BCUT2D eigenvalue weighted by molar-refractivity contribution is 6.00. The summed E-state index contributed by atoms with van der Waals surface area (Å²) in [5.41, 5.74) is 1.13. The Morgan fingerprint density at radius 3 is 2.73 bits per heavy atom. The van der Waals surface area contributed by atoms with Crippen LogP contribution in [-0.4, -0.2) is 59.3 Å².